The van der Waals surface area contributed by atoms with Crippen LogP contribution in [0.3, 0.4) is 0 Å². The Balaban J connectivity index is 2.36. The largest absolute Gasteiger partial charge is 0.493 e. The van der Waals surface area contributed by atoms with Gasteiger partial charge >= 0.3 is 0 Å². The number of Topliss-reactive ketones (excluding diaryl/α,β-unsaturated/α-hetero) is 1. The second-order valence-corrected chi connectivity index (χ2v) is 4.52. The third kappa shape index (κ3) is 3.04. The first-order valence-corrected chi connectivity index (χ1v) is 6.44. The number of nitrogens with one attached hydrogen (secondary N) is 1. The number of methoxy groups -OCH3 is 3. The lowest BCUT2D eigenvalue weighted by Crippen LogP contribution is -2.25. The zero-order chi connectivity index (χ0) is 14.5. The summed E-state index contributed by atoms with van der Waals surface area (Å²) in [7, 11) is 4.73. The van der Waals surface area contributed by atoms with Crippen molar-refractivity contribution in [1.29, 1.82) is 0 Å². The van der Waals surface area contributed by atoms with Crippen LogP contribution in [0.25, 0.3) is 6.08 Å². The molecule has 1 N–H and O–H groups in total. The zero-order valence-electron chi connectivity index (χ0n) is 12.0. The molecule has 20 heavy (non-hydrogen) atoms. The fourth-order valence-corrected chi connectivity index (χ4v) is 2.21. The number of carbonyl (C=O) groups is 1. The third-order valence-electron chi connectivity index (χ3n) is 3.17. The van der Waals surface area contributed by atoms with Crippen LogP contribution >= 0.6 is 0 Å². The predicted molar refractivity (Wildman–Crippen MR) is 76.3 cm³/mol. The van der Waals surface area contributed by atoms with Gasteiger partial charge in [0.15, 0.2) is 11.5 Å². The normalized spacial score (nSPS) is 16.8. The van der Waals surface area contributed by atoms with Crippen molar-refractivity contribution in [3.8, 4) is 17.2 Å². The Kier molecular flexibility index (Phi) is 4.50. The van der Waals surface area contributed by atoms with Gasteiger partial charge in [0.2, 0.25) is 5.75 Å². The molecule has 1 saturated heterocycles. The number of allylic oxidation sites excluding steroid dienone is 1. The summed E-state index contributed by atoms with van der Waals surface area (Å²) >= 11 is 0. The van der Waals surface area contributed by atoms with E-state index in [-0.39, 0.29) is 5.78 Å². The fourth-order valence-electron chi connectivity index (χ4n) is 2.21. The van der Waals surface area contributed by atoms with E-state index in [0.717, 1.165) is 11.3 Å². The average Bonchev–Trinajstić information content (AvgIpc) is 2.46. The summed E-state index contributed by atoms with van der Waals surface area (Å²) in [6.45, 7) is 0.690. The minimum atomic E-state index is 0.252. The monoisotopic (exact) mass is 277 g/mol. The highest BCUT2D eigenvalue weighted by Gasteiger charge is 2.15. The van der Waals surface area contributed by atoms with E-state index in [1.54, 1.807) is 21.3 Å². The molecule has 0 atom stereocenters. The van der Waals surface area contributed by atoms with Crippen LogP contribution in [-0.4, -0.2) is 33.7 Å². The van der Waals surface area contributed by atoms with Crippen molar-refractivity contribution in [2.75, 3.05) is 27.9 Å². The quantitative estimate of drug-likeness (QED) is 0.912. The van der Waals surface area contributed by atoms with Crippen LogP contribution in [0.4, 0.5) is 0 Å². The molecule has 0 spiro atoms. The van der Waals surface area contributed by atoms with E-state index in [1.807, 2.05) is 18.2 Å². The summed E-state index contributed by atoms with van der Waals surface area (Å²) in [5.41, 5.74) is 1.81. The van der Waals surface area contributed by atoms with Gasteiger partial charge in [-0.1, -0.05) is 0 Å². The molecular weight excluding hydrogens is 258 g/mol. The Morgan fingerprint density at radius 3 is 2.25 bits per heavy atom. The van der Waals surface area contributed by atoms with Gasteiger partial charge in [0.25, 0.3) is 0 Å². The maximum absolute atomic E-state index is 11.5. The van der Waals surface area contributed by atoms with Crippen molar-refractivity contribution in [3.63, 3.8) is 0 Å². The Morgan fingerprint density at radius 1 is 1.10 bits per heavy atom. The van der Waals surface area contributed by atoms with Crippen LogP contribution < -0.4 is 19.5 Å². The lowest BCUT2D eigenvalue weighted by molar-refractivity contribution is -0.119. The van der Waals surface area contributed by atoms with Crippen LogP contribution in [0.2, 0.25) is 0 Å². The lowest BCUT2D eigenvalue weighted by atomic mass is 10.1. The fraction of sp³-hybridized carbons (Fsp3) is 0.400. The summed E-state index contributed by atoms with van der Waals surface area (Å²) in [4.78, 5) is 11.5. The standard InChI is InChI=1S/C15H19NO4/c1-18-13-7-10(8-14(19-2)15(13)20-3)6-11-9-12(17)4-5-16-11/h6-8,16H,4-5,9H2,1-3H3/b11-6+. The number of hydrogen-bond donors (Lipinski definition) is 1. The summed E-state index contributed by atoms with van der Waals surface area (Å²) in [6.07, 6.45) is 2.96. The van der Waals surface area contributed by atoms with Gasteiger partial charge in [-0.15, -0.1) is 0 Å². The van der Waals surface area contributed by atoms with Crippen molar-refractivity contribution < 1.29 is 19.0 Å². The molecule has 1 fully saturated rings. The van der Waals surface area contributed by atoms with E-state index in [0.29, 0.717) is 36.6 Å². The van der Waals surface area contributed by atoms with E-state index >= 15 is 0 Å². The zero-order valence-corrected chi connectivity index (χ0v) is 12.0. The Hall–Kier alpha value is -2.17. The van der Waals surface area contributed by atoms with Crippen LogP contribution in [0.15, 0.2) is 17.8 Å². The molecule has 2 rings (SSSR count). The maximum atomic E-state index is 11.5. The number of carbonyl (C=O) groups excluding carboxylic acids is 1. The molecule has 0 aliphatic carbocycles. The second-order valence-electron chi connectivity index (χ2n) is 4.52. The number of ketones is 1. The first kappa shape index (κ1) is 14.2. The van der Waals surface area contributed by atoms with E-state index in [2.05, 4.69) is 5.32 Å². The molecule has 1 aromatic carbocycles. The molecule has 108 valence electrons. The van der Waals surface area contributed by atoms with Crippen molar-refractivity contribution in [2.24, 2.45) is 0 Å². The van der Waals surface area contributed by atoms with Gasteiger partial charge in [-0.05, 0) is 23.8 Å². The van der Waals surface area contributed by atoms with Crippen molar-refractivity contribution >= 4 is 11.9 Å². The summed E-state index contributed by atoms with van der Waals surface area (Å²) in [5.74, 6) is 2.01. The topological polar surface area (TPSA) is 56.8 Å². The lowest BCUT2D eigenvalue weighted by Gasteiger charge is -2.17. The molecule has 0 aromatic heterocycles. The minimum absolute atomic E-state index is 0.252. The van der Waals surface area contributed by atoms with Gasteiger partial charge in [0, 0.05) is 25.1 Å². The molecule has 0 unspecified atom stereocenters. The Bertz CT molecular complexity index is 512. The van der Waals surface area contributed by atoms with Gasteiger partial charge in [-0.3, -0.25) is 4.79 Å². The number of rotatable bonds is 4. The Morgan fingerprint density at radius 2 is 1.75 bits per heavy atom. The highest BCUT2D eigenvalue weighted by molar-refractivity contribution is 5.83. The van der Waals surface area contributed by atoms with Crippen LogP contribution in [-0.2, 0) is 4.79 Å². The van der Waals surface area contributed by atoms with Gasteiger partial charge in [-0.25, -0.2) is 0 Å². The highest BCUT2D eigenvalue weighted by Crippen LogP contribution is 2.38. The summed E-state index contributed by atoms with van der Waals surface area (Å²) in [5, 5.41) is 3.23. The molecule has 1 aliphatic heterocycles. The molecule has 1 aliphatic rings. The first-order chi connectivity index (χ1) is 9.67. The molecule has 0 radical (unpaired) electrons. The summed E-state index contributed by atoms with van der Waals surface area (Å²) < 4.78 is 15.9. The van der Waals surface area contributed by atoms with Crippen LogP contribution in [0.1, 0.15) is 18.4 Å². The number of hydrogen-bond acceptors (Lipinski definition) is 5. The van der Waals surface area contributed by atoms with Crippen molar-refractivity contribution in [2.45, 2.75) is 12.8 Å². The van der Waals surface area contributed by atoms with E-state index < -0.39 is 0 Å². The van der Waals surface area contributed by atoms with Gasteiger partial charge in [0.05, 0.1) is 21.3 Å². The first-order valence-electron chi connectivity index (χ1n) is 6.44. The van der Waals surface area contributed by atoms with E-state index in [9.17, 15) is 4.79 Å². The highest BCUT2D eigenvalue weighted by atomic mass is 16.5. The smallest absolute Gasteiger partial charge is 0.203 e. The molecule has 1 aromatic rings. The van der Waals surface area contributed by atoms with Gasteiger partial charge in [-0.2, -0.15) is 0 Å². The summed E-state index contributed by atoms with van der Waals surface area (Å²) in [6, 6.07) is 3.71. The van der Waals surface area contributed by atoms with Crippen LogP contribution in [0, 0.1) is 0 Å². The SMILES string of the molecule is COc1cc(/C=C2\CC(=O)CCN2)cc(OC)c1OC. The minimum Gasteiger partial charge on any atom is -0.493 e. The molecule has 0 saturated carbocycles. The van der Waals surface area contributed by atoms with E-state index in [1.165, 1.54) is 0 Å². The third-order valence-corrected chi connectivity index (χ3v) is 3.17. The molecule has 0 amide bonds. The Labute approximate surface area is 118 Å². The molecule has 5 heteroatoms. The molecule has 0 bridgehead atoms. The number of ether oxygens (including phenoxy) is 3. The van der Waals surface area contributed by atoms with Crippen LogP contribution in [0.5, 0.6) is 17.2 Å². The van der Waals surface area contributed by atoms with Gasteiger partial charge < -0.3 is 19.5 Å². The maximum Gasteiger partial charge on any atom is 0.203 e. The predicted octanol–water partition coefficient (Wildman–Crippen LogP) is 2.01. The van der Waals surface area contributed by atoms with Gasteiger partial charge in [0.1, 0.15) is 5.78 Å². The number of piperidine rings is 1. The average molecular weight is 277 g/mol. The second kappa shape index (κ2) is 6.32. The van der Waals surface area contributed by atoms with E-state index in [4.69, 9.17) is 14.2 Å². The van der Waals surface area contributed by atoms with Crippen molar-refractivity contribution in [1.82, 2.24) is 5.32 Å². The molecule has 1 heterocycles. The number of benzene rings is 1. The molecule has 5 nitrogen and oxygen atoms in total. The molecular formula is C15H19NO4. The van der Waals surface area contributed by atoms with Crippen molar-refractivity contribution in [3.05, 3.63) is 23.4 Å².